The molecule has 0 saturated heterocycles. The van der Waals surface area contributed by atoms with E-state index in [2.05, 4.69) is 28.8 Å². The number of fused-ring (bicyclic) bond motifs is 5. The summed E-state index contributed by atoms with van der Waals surface area (Å²) in [5.41, 5.74) is 5.77. The van der Waals surface area contributed by atoms with Crippen molar-refractivity contribution in [3.8, 4) is 0 Å². The summed E-state index contributed by atoms with van der Waals surface area (Å²) in [6.45, 7) is 2.19. The predicted octanol–water partition coefficient (Wildman–Crippen LogP) is 6.11. The summed E-state index contributed by atoms with van der Waals surface area (Å²) in [4.78, 5) is 22.3. The standard InChI is InChI=1S/C26H24N4OS/c1-2-3-8-18-13-15-19(16-14-18)27-24(31)17-32-26-29-21-10-5-4-9-20(21)25-28-22-11-6-7-12-23(22)30(25)26/h4-7,9-16H,2-3,8,17H2,1H3,(H,27,31). The van der Waals surface area contributed by atoms with E-state index >= 15 is 0 Å². The molecule has 0 atom stereocenters. The van der Waals surface area contributed by atoms with Gasteiger partial charge in [-0.3, -0.25) is 9.20 Å². The van der Waals surface area contributed by atoms with Gasteiger partial charge in [-0.05, 0) is 54.8 Å². The summed E-state index contributed by atoms with van der Waals surface area (Å²) < 4.78 is 2.05. The Morgan fingerprint density at radius 1 is 0.938 bits per heavy atom. The SMILES string of the molecule is CCCCc1ccc(NC(=O)CSc2nc3ccccc3c3nc4ccccc4n23)cc1. The van der Waals surface area contributed by atoms with E-state index in [1.165, 1.54) is 30.2 Å². The summed E-state index contributed by atoms with van der Waals surface area (Å²) in [6, 6.07) is 24.1. The lowest BCUT2D eigenvalue weighted by molar-refractivity contribution is -0.113. The number of hydrogen-bond donors (Lipinski definition) is 1. The average Bonchev–Trinajstić information content (AvgIpc) is 3.22. The molecule has 1 amide bonds. The lowest BCUT2D eigenvalue weighted by Gasteiger charge is -2.09. The number of hydrogen-bond acceptors (Lipinski definition) is 4. The fourth-order valence-electron chi connectivity index (χ4n) is 3.87. The molecule has 2 heterocycles. The molecule has 160 valence electrons. The van der Waals surface area contributed by atoms with Crippen molar-refractivity contribution in [1.82, 2.24) is 14.4 Å². The molecule has 0 unspecified atom stereocenters. The van der Waals surface area contributed by atoms with E-state index in [4.69, 9.17) is 9.97 Å². The number of nitrogens with zero attached hydrogens (tertiary/aromatic N) is 3. The molecule has 6 heteroatoms. The molecule has 5 rings (SSSR count). The van der Waals surface area contributed by atoms with Gasteiger partial charge in [-0.2, -0.15) is 0 Å². The van der Waals surface area contributed by atoms with E-state index in [1.54, 1.807) is 0 Å². The highest BCUT2D eigenvalue weighted by Gasteiger charge is 2.15. The first-order valence-electron chi connectivity index (χ1n) is 10.9. The molecule has 0 spiro atoms. The second-order valence-corrected chi connectivity index (χ2v) is 8.75. The fraction of sp³-hybridized carbons (Fsp3) is 0.192. The minimum Gasteiger partial charge on any atom is -0.325 e. The predicted molar refractivity (Wildman–Crippen MR) is 132 cm³/mol. The summed E-state index contributed by atoms with van der Waals surface area (Å²) in [6.07, 6.45) is 3.43. The fourth-order valence-corrected chi connectivity index (χ4v) is 4.68. The topological polar surface area (TPSA) is 59.3 Å². The Hall–Kier alpha value is -3.38. The second kappa shape index (κ2) is 9.01. The van der Waals surface area contributed by atoms with Crippen LogP contribution in [0.3, 0.4) is 0 Å². The smallest absolute Gasteiger partial charge is 0.234 e. The van der Waals surface area contributed by atoms with E-state index in [0.717, 1.165) is 44.8 Å². The van der Waals surface area contributed by atoms with Gasteiger partial charge < -0.3 is 5.32 Å². The van der Waals surface area contributed by atoms with Crippen LogP contribution in [0, 0.1) is 0 Å². The van der Waals surface area contributed by atoms with Gasteiger partial charge in [0.25, 0.3) is 0 Å². The van der Waals surface area contributed by atoms with Crippen molar-refractivity contribution < 1.29 is 4.79 Å². The number of unbranched alkanes of at least 4 members (excludes halogenated alkanes) is 1. The summed E-state index contributed by atoms with van der Waals surface area (Å²) in [7, 11) is 0. The number of benzene rings is 3. The molecule has 32 heavy (non-hydrogen) atoms. The van der Waals surface area contributed by atoms with Crippen LogP contribution in [0.5, 0.6) is 0 Å². The van der Waals surface area contributed by atoms with Gasteiger partial charge in [-0.1, -0.05) is 61.5 Å². The maximum Gasteiger partial charge on any atom is 0.234 e. The van der Waals surface area contributed by atoms with E-state index in [1.807, 2.05) is 60.7 Å². The number of nitrogens with one attached hydrogen (secondary N) is 1. The zero-order valence-electron chi connectivity index (χ0n) is 17.9. The summed E-state index contributed by atoms with van der Waals surface area (Å²) >= 11 is 1.43. The van der Waals surface area contributed by atoms with Gasteiger partial charge in [0, 0.05) is 11.1 Å². The number of aryl methyl sites for hydroxylation is 1. The highest BCUT2D eigenvalue weighted by atomic mass is 32.2. The van der Waals surface area contributed by atoms with Crippen LogP contribution >= 0.6 is 11.8 Å². The maximum atomic E-state index is 12.7. The third-order valence-corrected chi connectivity index (χ3v) is 6.44. The van der Waals surface area contributed by atoms with Gasteiger partial charge in [0.2, 0.25) is 5.91 Å². The van der Waals surface area contributed by atoms with Crippen molar-refractivity contribution >= 4 is 50.9 Å². The monoisotopic (exact) mass is 440 g/mol. The van der Waals surface area contributed by atoms with Crippen LogP contribution in [0.25, 0.3) is 27.6 Å². The van der Waals surface area contributed by atoms with Crippen LogP contribution in [0.2, 0.25) is 0 Å². The Labute approximate surface area is 190 Å². The Bertz CT molecular complexity index is 1410. The Kier molecular flexibility index (Phi) is 5.77. The number of thioether (sulfide) groups is 1. The van der Waals surface area contributed by atoms with E-state index in [0.29, 0.717) is 0 Å². The third-order valence-electron chi connectivity index (χ3n) is 5.50. The zero-order chi connectivity index (χ0) is 21.9. The van der Waals surface area contributed by atoms with E-state index in [-0.39, 0.29) is 11.7 Å². The molecule has 2 aromatic heterocycles. The van der Waals surface area contributed by atoms with Crippen LogP contribution in [0.1, 0.15) is 25.3 Å². The minimum absolute atomic E-state index is 0.0520. The van der Waals surface area contributed by atoms with Gasteiger partial charge in [0.15, 0.2) is 5.16 Å². The molecule has 5 nitrogen and oxygen atoms in total. The largest absolute Gasteiger partial charge is 0.325 e. The molecular formula is C26H24N4OS. The number of anilines is 1. The lowest BCUT2D eigenvalue weighted by Crippen LogP contribution is -2.14. The minimum atomic E-state index is -0.0520. The number of aromatic nitrogens is 3. The Morgan fingerprint density at radius 2 is 1.69 bits per heavy atom. The van der Waals surface area contributed by atoms with Gasteiger partial charge >= 0.3 is 0 Å². The van der Waals surface area contributed by atoms with Gasteiger partial charge in [0.1, 0.15) is 5.65 Å². The number of para-hydroxylation sites is 3. The molecule has 0 radical (unpaired) electrons. The molecule has 0 saturated carbocycles. The first kappa shape index (κ1) is 20.5. The third kappa shape index (κ3) is 4.06. The van der Waals surface area contributed by atoms with Crippen LogP contribution in [0.15, 0.2) is 78.0 Å². The first-order chi connectivity index (χ1) is 15.7. The number of rotatable bonds is 7. The zero-order valence-corrected chi connectivity index (χ0v) is 18.7. The molecule has 5 aromatic rings. The number of carbonyl (C=O) groups excluding carboxylic acids is 1. The van der Waals surface area contributed by atoms with Gasteiger partial charge in [-0.25, -0.2) is 9.97 Å². The highest BCUT2D eigenvalue weighted by Crippen LogP contribution is 2.29. The first-order valence-corrected chi connectivity index (χ1v) is 11.9. The van der Waals surface area contributed by atoms with Crippen molar-refractivity contribution in [3.05, 3.63) is 78.4 Å². The summed E-state index contributed by atoms with van der Waals surface area (Å²) in [5.74, 6) is 0.216. The van der Waals surface area contributed by atoms with E-state index < -0.39 is 0 Å². The Balaban J connectivity index is 1.39. The van der Waals surface area contributed by atoms with Crippen molar-refractivity contribution in [3.63, 3.8) is 0 Å². The van der Waals surface area contributed by atoms with E-state index in [9.17, 15) is 4.79 Å². The van der Waals surface area contributed by atoms with Crippen LogP contribution in [-0.2, 0) is 11.2 Å². The van der Waals surface area contributed by atoms with Crippen molar-refractivity contribution in [2.45, 2.75) is 31.3 Å². The van der Waals surface area contributed by atoms with Gasteiger partial charge in [0.05, 0.1) is 22.3 Å². The lowest BCUT2D eigenvalue weighted by atomic mass is 10.1. The van der Waals surface area contributed by atoms with Crippen LogP contribution < -0.4 is 5.32 Å². The Morgan fingerprint density at radius 3 is 2.50 bits per heavy atom. The van der Waals surface area contributed by atoms with Crippen LogP contribution in [0.4, 0.5) is 5.69 Å². The molecule has 0 aliphatic heterocycles. The van der Waals surface area contributed by atoms with Crippen molar-refractivity contribution in [2.24, 2.45) is 0 Å². The molecule has 1 N–H and O–H groups in total. The van der Waals surface area contributed by atoms with Crippen molar-refractivity contribution in [2.75, 3.05) is 11.1 Å². The van der Waals surface area contributed by atoms with Gasteiger partial charge in [-0.15, -0.1) is 0 Å². The maximum absolute atomic E-state index is 12.7. The molecule has 3 aromatic carbocycles. The second-order valence-electron chi connectivity index (χ2n) is 7.81. The average molecular weight is 441 g/mol. The number of carbonyl (C=O) groups is 1. The molecule has 0 fully saturated rings. The quantitative estimate of drug-likeness (QED) is 0.245. The highest BCUT2D eigenvalue weighted by molar-refractivity contribution is 7.99. The normalized spacial score (nSPS) is 11.4. The van der Waals surface area contributed by atoms with Crippen LogP contribution in [-0.4, -0.2) is 26.0 Å². The molecule has 0 bridgehead atoms. The summed E-state index contributed by atoms with van der Waals surface area (Å²) in [5, 5.41) is 4.76. The number of amides is 1. The molecule has 0 aliphatic carbocycles. The molecule has 0 aliphatic rings. The van der Waals surface area contributed by atoms with Crippen molar-refractivity contribution in [1.29, 1.82) is 0 Å². The number of imidazole rings is 1. The molecular weight excluding hydrogens is 416 g/mol.